The summed E-state index contributed by atoms with van der Waals surface area (Å²) >= 11 is 0. The Bertz CT molecular complexity index is 479. The lowest BCUT2D eigenvalue weighted by Crippen LogP contribution is -2.24. The van der Waals surface area contributed by atoms with Crippen molar-refractivity contribution in [2.45, 2.75) is 12.8 Å². The fourth-order valence-corrected chi connectivity index (χ4v) is 1.06. The van der Waals surface area contributed by atoms with Crippen LogP contribution in [0.2, 0.25) is 0 Å². The molecule has 0 spiro atoms. The first-order valence-corrected chi connectivity index (χ1v) is 4.01. The predicted octanol–water partition coefficient (Wildman–Crippen LogP) is 2.02. The summed E-state index contributed by atoms with van der Waals surface area (Å²) in [4.78, 5) is 23.1. The summed E-state index contributed by atoms with van der Waals surface area (Å²) in [6.45, 7) is 0. The SMILES string of the molecule is O=Cc1c(C(F)F)c[nH]c(=O)c1OC(F)(F)F. The molecule has 0 unspecified atom stereocenters. The van der Waals surface area contributed by atoms with Crippen LogP contribution in [0.15, 0.2) is 11.0 Å². The number of pyridine rings is 1. The molecule has 0 aliphatic rings. The van der Waals surface area contributed by atoms with Crippen LogP contribution in [0.25, 0.3) is 0 Å². The third kappa shape index (κ3) is 3.02. The van der Waals surface area contributed by atoms with E-state index >= 15 is 0 Å². The molecule has 17 heavy (non-hydrogen) atoms. The van der Waals surface area contributed by atoms with E-state index in [-0.39, 0.29) is 6.29 Å². The molecule has 0 saturated carbocycles. The molecule has 1 heterocycles. The molecule has 1 aromatic rings. The molecule has 1 N–H and O–H groups in total. The van der Waals surface area contributed by atoms with Crippen LogP contribution in [0, 0.1) is 0 Å². The van der Waals surface area contributed by atoms with Gasteiger partial charge in [0.25, 0.3) is 12.0 Å². The molecule has 0 aromatic carbocycles. The lowest BCUT2D eigenvalue weighted by Gasteiger charge is -2.11. The lowest BCUT2D eigenvalue weighted by molar-refractivity contribution is -0.275. The van der Waals surface area contributed by atoms with Crippen molar-refractivity contribution in [3.8, 4) is 5.75 Å². The number of H-pyrrole nitrogens is 1. The topological polar surface area (TPSA) is 59.2 Å². The van der Waals surface area contributed by atoms with E-state index in [0.717, 1.165) is 0 Å². The van der Waals surface area contributed by atoms with Crippen LogP contribution in [-0.4, -0.2) is 17.6 Å². The van der Waals surface area contributed by atoms with Crippen molar-refractivity contribution in [3.05, 3.63) is 27.7 Å². The molecule has 0 aliphatic carbocycles. The summed E-state index contributed by atoms with van der Waals surface area (Å²) < 4.78 is 63.6. The van der Waals surface area contributed by atoms with Gasteiger partial charge in [-0.3, -0.25) is 9.59 Å². The quantitative estimate of drug-likeness (QED) is 0.665. The van der Waals surface area contributed by atoms with Crippen molar-refractivity contribution in [3.63, 3.8) is 0 Å². The maximum atomic E-state index is 12.3. The minimum atomic E-state index is -5.26. The summed E-state index contributed by atoms with van der Waals surface area (Å²) in [6.07, 6.45) is -8.31. The highest BCUT2D eigenvalue weighted by atomic mass is 19.4. The van der Waals surface area contributed by atoms with Gasteiger partial charge in [0, 0.05) is 11.8 Å². The summed E-state index contributed by atoms with van der Waals surface area (Å²) in [7, 11) is 0. The number of ether oxygens (including phenoxy) is 1. The maximum Gasteiger partial charge on any atom is 0.573 e. The Kier molecular flexibility index (Phi) is 3.49. The largest absolute Gasteiger partial charge is 0.573 e. The number of carbonyl (C=O) groups excluding carboxylic acids is 1. The number of hydrogen-bond acceptors (Lipinski definition) is 3. The zero-order chi connectivity index (χ0) is 13.2. The van der Waals surface area contributed by atoms with Gasteiger partial charge in [-0.1, -0.05) is 0 Å². The van der Waals surface area contributed by atoms with Gasteiger partial charge in [-0.15, -0.1) is 13.2 Å². The van der Waals surface area contributed by atoms with Crippen molar-refractivity contribution in [2.75, 3.05) is 0 Å². The van der Waals surface area contributed by atoms with Gasteiger partial charge in [0.2, 0.25) is 5.75 Å². The van der Waals surface area contributed by atoms with Crippen molar-refractivity contribution in [1.82, 2.24) is 4.98 Å². The fraction of sp³-hybridized carbons (Fsp3) is 0.250. The highest BCUT2D eigenvalue weighted by molar-refractivity contribution is 5.81. The van der Waals surface area contributed by atoms with Crippen LogP contribution >= 0.6 is 0 Å². The third-order valence-electron chi connectivity index (χ3n) is 1.69. The van der Waals surface area contributed by atoms with Gasteiger partial charge in [0.1, 0.15) is 0 Å². The molecule has 4 nitrogen and oxygen atoms in total. The first-order valence-electron chi connectivity index (χ1n) is 4.01. The Morgan fingerprint density at radius 1 is 1.35 bits per heavy atom. The molecule has 1 aromatic heterocycles. The first kappa shape index (κ1) is 13.1. The summed E-state index contributed by atoms with van der Waals surface area (Å²) in [5.74, 6) is -1.50. The van der Waals surface area contributed by atoms with Crippen LogP contribution < -0.4 is 10.3 Å². The molecular formula is C8H4F5NO3. The highest BCUT2D eigenvalue weighted by Gasteiger charge is 2.34. The van der Waals surface area contributed by atoms with Crippen LogP contribution in [0.5, 0.6) is 5.75 Å². The molecule has 0 radical (unpaired) electrons. The van der Waals surface area contributed by atoms with Crippen LogP contribution in [0.1, 0.15) is 22.3 Å². The van der Waals surface area contributed by atoms with Crippen LogP contribution in [0.4, 0.5) is 22.0 Å². The van der Waals surface area contributed by atoms with Crippen molar-refractivity contribution in [1.29, 1.82) is 0 Å². The van der Waals surface area contributed by atoms with Gasteiger partial charge in [0.05, 0.1) is 5.56 Å². The number of aromatic nitrogens is 1. The Hall–Kier alpha value is -1.93. The molecular weight excluding hydrogens is 253 g/mol. The normalized spacial score (nSPS) is 11.6. The molecule has 94 valence electrons. The van der Waals surface area contributed by atoms with Gasteiger partial charge in [0.15, 0.2) is 6.29 Å². The summed E-state index contributed by atoms with van der Waals surface area (Å²) in [5.41, 5.74) is -3.59. The third-order valence-corrected chi connectivity index (χ3v) is 1.69. The van der Waals surface area contributed by atoms with E-state index in [9.17, 15) is 31.5 Å². The van der Waals surface area contributed by atoms with Gasteiger partial charge >= 0.3 is 6.36 Å². The van der Waals surface area contributed by atoms with Crippen LogP contribution in [-0.2, 0) is 0 Å². The zero-order valence-electron chi connectivity index (χ0n) is 7.85. The smallest absolute Gasteiger partial charge is 0.399 e. The number of halogens is 5. The molecule has 0 saturated heterocycles. The standard InChI is InChI=1S/C8H4F5NO3/c9-6(10)3-1-14-7(16)5(4(3)2-15)17-8(11,12)13/h1-2,6H,(H,14,16). The van der Waals surface area contributed by atoms with Crippen molar-refractivity contribution < 1.29 is 31.5 Å². The minimum Gasteiger partial charge on any atom is -0.399 e. The number of rotatable bonds is 3. The van der Waals surface area contributed by atoms with E-state index in [1.54, 1.807) is 4.98 Å². The number of aldehydes is 1. The first-order chi connectivity index (χ1) is 7.76. The van der Waals surface area contributed by atoms with Gasteiger partial charge in [-0.05, 0) is 0 Å². The van der Waals surface area contributed by atoms with Gasteiger partial charge < -0.3 is 9.72 Å². The Balaban J connectivity index is 3.41. The minimum absolute atomic E-state index is 0.294. The lowest BCUT2D eigenvalue weighted by atomic mass is 10.1. The fourth-order valence-electron chi connectivity index (χ4n) is 1.06. The summed E-state index contributed by atoms with van der Waals surface area (Å²) in [5, 5.41) is 0. The van der Waals surface area contributed by atoms with E-state index < -0.39 is 35.2 Å². The van der Waals surface area contributed by atoms with E-state index in [1.807, 2.05) is 0 Å². The van der Waals surface area contributed by atoms with Crippen molar-refractivity contribution >= 4 is 6.29 Å². The monoisotopic (exact) mass is 257 g/mol. The number of aromatic amines is 1. The second kappa shape index (κ2) is 4.52. The number of nitrogens with one attached hydrogen (secondary N) is 1. The van der Waals surface area contributed by atoms with E-state index in [1.165, 1.54) is 0 Å². The average molecular weight is 257 g/mol. The average Bonchev–Trinajstić information content (AvgIpc) is 2.18. The Morgan fingerprint density at radius 2 is 1.94 bits per heavy atom. The second-order valence-electron chi connectivity index (χ2n) is 2.78. The number of hydrogen-bond donors (Lipinski definition) is 1. The van der Waals surface area contributed by atoms with Gasteiger partial charge in [-0.2, -0.15) is 0 Å². The number of carbonyl (C=O) groups is 1. The predicted molar refractivity (Wildman–Crippen MR) is 44.1 cm³/mol. The van der Waals surface area contributed by atoms with E-state index in [4.69, 9.17) is 0 Å². The molecule has 0 aliphatic heterocycles. The molecule has 0 fully saturated rings. The Labute approximate surface area is 90.0 Å². The second-order valence-corrected chi connectivity index (χ2v) is 2.78. The molecule has 0 amide bonds. The van der Waals surface area contributed by atoms with Crippen molar-refractivity contribution in [2.24, 2.45) is 0 Å². The van der Waals surface area contributed by atoms with Gasteiger partial charge in [-0.25, -0.2) is 8.78 Å². The molecule has 1 rings (SSSR count). The zero-order valence-corrected chi connectivity index (χ0v) is 7.85. The van der Waals surface area contributed by atoms with E-state index in [2.05, 4.69) is 4.74 Å². The highest BCUT2D eigenvalue weighted by Crippen LogP contribution is 2.28. The number of alkyl halides is 5. The molecule has 0 bridgehead atoms. The van der Waals surface area contributed by atoms with Crippen LogP contribution in [0.3, 0.4) is 0 Å². The maximum absolute atomic E-state index is 12.3. The van der Waals surface area contributed by atoms with E-state index in [0.29, 0.717) is 6.20 Å². The molecule has 9 heteroatoms. The summed E-state index contributed by atoms with van der Waals surface area (Å²) in [6, 6.07) is 0. The Morgan fingerprint density at radius 3 is 2.35 bits per heavy atom. The molecule has 0 atom stereocenters.